The average Bonchev–Trinajstić information content (AvgIpc) is 2.87. The van der Waals surface area contributed by atoms with Crippen molar-refractivity contribution in [2.45, 2.75) is 19.4 Å². The van der Waals surface area contributed by atoms with Crippen LogP contribution in [0.4, 0.5) is 5.69 Å². The number of carbonyl (C=O) groups is 1. The van der Waals surface area contributed by atoms with Crippen LogP contribution in [0.2, 0.25) is 0 Å². The molecule has 0 saturated heterocycles. The maximum Gasteiger partial charge on any atom is 0.224 e. The minimum Gasteiger partial charge on any atom is -0.326 e. The smallest absolute Gasteiger partial charge is 0.224 e. The van der Waals surface area contributed by atoms with E-state index in [0.717, 1.165) is 28.4 Å². The molecular weight excluding hydrogens is 246 g/mol. The molecule has 0 aliphatic carbocycles. The van der Waals surface area contributed by atoms with E-state index >= 15 is 0 Å². The van der Waals surface area contributed by atoms with E-state index < -0.39 is 0 Å². The maximum atomic E-state index is 11.3. The summed E-state index contributed by atoms with van der Waals surface area (Å²) >= 11 is 1.58. The molecule has 4 nitrogen and oxygen atoms in total. The van der Waals surface area contributed by atoms with E-state index in [2.05, 4.69) is 16.4 Å². The molecule has 0 atom stereocenters. The molecule has 0 spiro atoms. The van der Waals surface area contributed by atoms with E-state index in [1.54, 1.807) is 11.3 Å². The van der Waals surface area contributed by atoms with E-state index in [9.17, 15) is 4.79 Å². The summed E-state index contributed by atoms with van der Waals surface area (Å²) in [5, 5.41) is 5.84. The largest absolute Gasteiger partial charge is 0.326 e. The third-order valence-corrected chi connectivity index (χ3v) is 3.89. The lowest BCUT2D eigenvalue weighted by molar-refractivity contribution is -0.116. The number of aryl methyl sites for hydroxylation is 1. The summed E-state index contributed by atoms with van der Waals surface area (Å²) in [7, 11) is 0. The fourth-order valence-electron chi connectivity index (χ4n) is 2.08. The van der Waals surface area contributed by atoms with Crippen molar-refractivity contribution in [3.63, 3.8) is 0 Å². The van der Waals surface area contributed by atoms with Crippen LogP contribution in [0.15, 0.2) is 23.6 Å². The Labute approximate surface area is 109 Å². The summed E-state index contributed by atoms with van der Waals surface area (Å²) in [4.78, 5) is 15.8. The van der Waals surface area contributed by atoms with Gasteiger partial charge in [-0.05, 0) is 24.1 Å². The second-order valence-electron chi connectivity index (χ2n) is 4.25. The Morgan fingerprint density at radius 2 is 2.28 bits per heavy atom. The van der Waals surface area contributed by atoms with Crippen LogP contribution in [-0.4, -0.2) is 10.9 Å². The Morgan fingerprint density at radius 1 is 1.39 bits per heavy atom. The van der Waals surface area contributed by atoms with Gasteiger partial charge in [0.1, 0.15) is 5.01 Å². The van der Waals surface area contributed by atoms with Crippen LogP contribution < -0.4 is 11.1 Å². The van der Waals surface area contributed by atoms with Gasteiger partial charge in [0.2, 0.25) is 5.91 Å². The molecule has 3 rings (SSSR count). The van der Waals surface area contributed by atoms with Crippen LogP contribution in [0.5, 0.6) is 0 Å². The zero-order valence-electron chi connectivity index (χ0n) is 9.77. The van der Waals surface area contributed by atoms with Gasteiger partial charge < -0.3 is 11.1 Å². The van der Waals surface area contributed by atoms with Crippen molar-refractivity contribution in [1.82, 2.24) is 4.98 Å². The molecule has 0 unspecified atom stereocenters. The number of hydrogen-bond donors (Lipinski definition) is 2. The Morgan fingerprint density at radius 3 is 3.06 bits per heavy atom. The van der Waals surface area contributed by atoms with Crippen molar-refractivity contribution < 1.29 is 4.79 Å². The SMILES string of the molecule is NCc1nc(-c2ccc3c(c2)CCC(=O)N3)cs1. The molecule has 0 bridgehead atoms. The number of carbonyl (C=O) groups excluding carboxylic acids is 1. The Bertz CT molecular complexity index is 606. The van der Waals surface area contributed by atoms with Crippen LogP contribution in [0, 0.1) is 0 Å². The molecule has 2 heterocycles. The Balaban J connectivity index is 1.97. The van der Waals surface area contributed by atoms with Crippen molar-refractivity contribution in [2.24, 2.45) is 5.73 Å². The summed E-state index contributed by atoms with van der Waals surface area (Å²) in [6.45, 7) is 0.478. The van der Waals surface area contributed by atoms with Crippen LogP contribution >= 0.6 is 11.3 Å². The van der Waals surface area contributed by atoms with Gasteiger partial charge in [-0.3, -0.25) is 4.79 Å². The first-order chi connectivity index (χ1) is 8.76. The van der Waals surface area contributed by atoms with E-state index in [1.807, 2.05) is 17.5 Å². The van der Waals surface area contributed by atoms with Gasteiger partial charge in [0, 0.05) is 29.6 Å². The van der Waals surface area contributed by atoms with Crippen molar-refractivity contribution in [1.29, 1.82) is 0 Å². The number of benzene rings is 1. The maximum absolute atomic E-state index is 11.3. The minimum absolute atomic E-state index is 0.0920. The lowest BCUT2D eigenvalue weighted by atomic mass is 9.99. The highest BCUT2D eigenvalue weighted by Gasteiger charge is 2.15. The van der Waals surface area contributed by atoms with Crippen LogP contribution in [0.1, 0.15) is 17.0 Å². The molecule has 0 radical (unpaired) electrons. The monoisotopic (exact) mass is 259 g/mol. The van der Waals surface area contributed by atoms with Gasteiger partial charge in [-0.2, -0.15) is 0 Å². The fourth-order valence-corrected chi connectivity index (χ4v) is 2.76. The quantitative estimate of drug-likeness (QED) is 0.868. The molecule has 1 aliphatic heterocycles. The molecule has 1 aromatic heterocycles. The summed E-state index contributed by atoms with van der Waals surface area (Å²) in [6, 6.07) is 6.03. The first kappa shape index (κ1) is 11.4. The highest BCUT2D eigenvalue weighted by Crippen LogP contribution is 2.29. The van der Waals surface area contributed by atoms with Crippen molar-refractivity contribution in [3.05, 3.63) is 34.2 Å². The average molecular weight is 259 g/mol. The second kappa shape index (κ2) is 4.51. The van der Waals surface area contributed by atoms with E-state index in [1.165, 1.54) is 5.56 Å². The third-order valence-electron chi connectivity index (χ3n) is 3.02. The van der Waals surface area contributed by atoms with Crippen molar-refractivity contribution in [2.75, 3.05) is 5.32 Å². The molecule has 1 aromatic carbocycles. The number of hydrogen-bond acceptors (Lipinski definition) is 4. The fraction of sp³-hybridized carbons (Fsp3) is 0.231. The van der Waals surface area contributed by atoms with Gasteiger partial charge in [-0.25, -0.2) is 4.98 Å². The third kappa shape index (κ3) is 2.02. The molecule has 0 saturated carbocycles. The number of nitrogens with one attached hydrogen (secondary N) is 1. The van der Waals surface area contributed by atoms with Crippen LogP contribution in [0.25, 0.3) is 11.3 Å². The van der Waals surface area contributed by atoms with E-state index in [4.69, 9.17) is 5.73 Å². The zero-order valence-corrected chi connectivity index (χ0v) is 10.6. The highest BCUT2D eigenvalue weighted by molar-refractivity contribution is 7.09. The topological polar surface area (TPSA) is 68.0 Å². The lowest BCUT2D eigenvalue weighted by Crippen LogP contribution is -2.18. The van der Waals surface area contributed by atoms with Gasteiger partial charge in [-0.15, -0.1) is 11.3 Å². The first-order valence-electron chi connectivity index (χ1n) is 5.84. The van der Waals surface area contributed by atoms with Gasteiger partial charge in [0.25, 0.3) is 0 Å². The Hall–Kier alpha value is -1.72. The molecule has 3 N–H and O–H groups in total. The number of nitrogens with two attached hydrogens (primary N) is 1. The van der Waals surface area contributed by atoms with Crippen molar-refractivity contribution in [3.8, 4) is 11.3 Å². The summed E-state index contributed by atoms with van der Waals surface area (Å²) in [5.41, 5.74) is 9.71. The number of nitrogens with zero attached hydrogens (tertiary/aromatic N) is 1. The molecule has 5 heteroatoms. The molecule has 1 amide bonds. The molecule has 1 aliphatic rings. The summed E-state index contributed by atoms with van der Waals surface area (Å²) < 4.78 is 0. The Kier molecular flexibility index (Phi) is 2.85. The van der Waals surface area contributed by atoms with Gasteiger partial charge in [0.05, 0.1) is 5.69 Å². The van der Waals surface area contributed by atoms with E-state index in [0.29, 0.717) is 13.0 Å². The molecule has 92 valence electrons. The number of thiazole rings is 1. The molecule has 2 aromatic rings. The minimum atomic E-state index is 0.0920. The zero-order chi connectivity index (χ0) is 12.5. The van der Waals surface area contributed by atoms with Crippen molar-refractivity contribution >= 4 is 22.9 Å². The van der Waals surface area contributed by atoms with Crippen LogP contribution in [0.3, 0.4) is 0 Å². The predicted molar refractivity (Wildman–Crippen MR) is 72.4 cm³/mol. The number of rotatable bonds is 2. The molecule has 0 fully saturated rings. The standard InChI is InChI=1S/C13H13N3OS/c14-6-13-16-11(7-18-13)9-1-3-10-8(5-9)2-4-12(17)15-10/h1,3,5,7H,2,4,6,14H2,(H,15,17). The normalized spacial score (nSPS) is 14.2. The number of amides is 1. The number of aromatic nitrogens is 1. The predicted octanol–water partition coefficient (Wildman–Crippen LogP) is 2.15. The highest BCUT2D eigenvalue weighted by atomic mass is 32.1. The number of fused-ring (bicyclic) bond motifs is 1. The second-order valence-corrected chi connectivity index (χ2v) is 5.19. The van der Waals surface area contributed by atoms with Gasteiger partial charge in [0.15, 0.2) is 0 Å². The lowest BCUT2D eigenvalue weighted by Gasteiger charge is -2.17. The van der Waals surface area contributed by atoms with Crippen LogP contribution in [-0.2, 0) is 17.8 Å². The first-order valence-corrected chi connectivity index (χ1v) is 6.72. The molecule has 18 heavy (non-hydrogen) atoms. The summed E-state index contributed by atoms with van der Waals surface area (Å²) in [6.07, 6.45) is 1.35. The summed E-state index contributed by atoms with van der Waals surface area (Å²) in [5.74, 6) is 0.0920. The van der Waals surface area contributed by atoms with Gasteiger partial charge in [-0.1, -0.05) is 6.07 Å². The van der Waals surface area contributed by atoms with Gasteiger partial charge >= 0.3 is 0 Å². The van der Waals surface area contributed by atoms with E-state index in [-0.39, 0.29) is 5.91 Å². The molecular formula is C13H13N3OS. The number of anilines is 1.